The Labute approximate surface area is 64.0 Å². The first kappa shape index (κ1) is 6.69. The molecule has 0 aliphatic heterocycles. The molecular formula is C10H15. The quantitative estimate of drug-likeness (QED) is 0.479. The zero-order valence-electron chi connectivity index (χ0n) is 7.07. The molecule has 2 aliphatic rings. The minimum atomic E-state index is 0.400. The third-order valence-electron chi connectivity index (χ3n) is 3.91. The smallest absolute Gasteiger partial charge is 0.00632 e. The fourth-order valence-electron chi connectivity index (χ4n) is 2.37. The number of hydrogen-bond acceptors (Lipinski definition) is 0. The number of fused-ring (bicyclic) bond motifs is 2. The molecule has 2 atom stereocenters. The lowest BCUT2D eigenvalue weighted by Crippen LogP contribution is -2.26. The van der Waals surface area contributed by atoms with E-state index >= 15 is 0 Å². The molecule has 2 unspecified atom stereocenters. The van der Waals surface area contributed by atoms with Crippen molar-refractivity contribution in [1.82, 2.24) is 0 Å². The van der Waals surface area contributed by atoms with Gasteiger partial charge in [0.1, 0.15) is 0 Å². The molecule has 2 saturated carbocycles. The Morgan fingerprint density at radius 2 is 2.10 bits per heavy atom. The summed E-state index contributed by atoms with van der Waals surface area (Å²) in [5, 5.41) is 0. The van der Waals surface area contributed by atoms with E-state index in [0.29, 0.717) is 10.8 Å². The zero-order chi connectivity index (χ0) is 7.41. The summed E-state index contributed by atoms with van der Waals surface area (Å²) >= 11 is 0. The van der Waals surface area contributed by atoms with E-state index in [1.54, 1.807) is 0 Å². The topological polar surface area (TPSA) is 0 Å². The van der Waals surface area contributed by atoms with Gasteiger partial charge in [0.15, 0.2) is 0 Å². The van der Waals surface area contributed by atoms with Gasteiger partial charge in [-0.1, -0.05) is 20.8 Å². The Balaban J connectivity index is 2.37. The molecular weight excluding hydrogens is 120 g/mol. The van der Waals surface area contributed by atoms with Crippen LogP contribution in [0, 0.1) is 29.6 Å². The fraction of sp³-hybridized carbons (Fsp3) is 0.800. The molecule has 2 bridgehead atoms. The highest BCUT2D eigenvalue weighted by Crippen LogP contribution is 2.64. The van der Waals surface area contributed by atoms with Crippen molar-refractivity contribution >= 4 is 0 Å². The Kier molecular flexibility index (Phi) is 1.07. The molecule has 0 heteroatoms. The normalized spacial score (nSPS) is 50.1. The largest absolute Gasteiger partial charge is 0.0591 e. The first-order valence-electron chi connectivity index (χ1n) is 4.17. The van der Waals surface area contributed by atoms with Crippen molar-refractivity contribution in [2.24, 2.45) is 16.7 Å². The predicted octanol–water partition coefficient (Wildman–Crippen LogP) is 2.73. The summed E-state index contributed by atoms with van der Waals surface area (Å²) in [6.45, 7) is 7.10. The first-order chi connectivity index (χ1) is 4.56. The van der Waals surface area contributed by atoms with Crippen LogP contribution in [0.1, 0.15) is 33.6 Å². The van der Waals surface area contributed by atoms with Gasteiger partial charge in [-0.15, -0.1) is 0 Å². The summed E-state index contributed by atoms with van der Waals surface area (Å²) in [6.07, 6.45) is 8.53. The van der Waals surface area contributed by atoms with Crippen LogP contribution < -0.4 is 0 Å². The maximum absolute atomic E-state index is 3.50. The van der Waals surface area contributed by atoms with Crippen molar-refractivity contribution in [3.05, 3.63) is 12.8 Å². The first-order valence-corrected chi connectivity index (χ1v) is 4.17. The molecule has 0 aromatic heterocycles. The minimum absolute atomic E-state index is 0.400. The number of rotatable bonds is 0. The van der Waals surface area contributed by atoms with E-state index in [0.717, 1.165) is 5.92 Å². The van der Waals surface area contributed by atoms with Crippen LogP contribution in [0.25, 0.3) is 0 Å². The van der Waals surface area contributed by atoms with Crippen LogP contribution in [0.2, 0.25) is 0 Å². The van der Waals surface area contributed by atoms with E-state index in [1.165, 1.54) is 12.8 Å². The van der Waals surface area contributed by atoms with Gasteiger partial charge in [-0.3, -0.25) is 0 Å². The van der Waals surface area contributed by atoms with E-state index in [4.69, 9.17) is 0 Å². The summed E-state index contributed by atoms with van der Waals surface area (Å²) in [5.41, 5.74) is 0.894. The van der Waals surface area contributed by atoms with Crippen molar-refractivity contribution < 1.29 is 0 Å². The molecule has 0 nitrogen and oxygen atoms in total. The van der Waals surface area contributed by atoms with Crippen molar-refractivity contribution in [2.75, 3.05) is 0 Å². The molecule has 0 saturated heterocycles. The average molecular weight is 135 g/mol. The lowest BCUT2D eigenvalue weighted by atomic mass is 9.71. The highest BCUT2D eigenvalue weighted by Gasteiger charge is 2.56. The van der Waals surface area contributed by atoms with Gasteiger partial charge in [0.25, 0.3) is 0 Å². The minimum Gasteiger partial charge on any atom is -0.0591 e. The van der Waals surface area contributed by atoms with Crippen LogP contribution in [0.3, 0.4) is 0 Å². The molecule has 2 rings (SSSR count). The van der Waals surface area contributed by atoms with Crippen molar-refractivity contribution in [1.29, 1.82) is 0 Å². The summed E-state index contributed by atoms with van der Waals surface area (Å²) in [4.78, 5) is 0. The van der Waals surface area contributed by atoms with E-state index < -0.39 is 0 Å². The summed E-state index contributed by atoms with van der Waals surface area (Å²) in [5.74, 6) is 0.817. The van der Waals surface area contributed by atoms with Crippen LogP contribution in [0.5, 0.6) is 0 Å². The van der Waals surface area contributed by atoms with Gasteiger partial charge >= 0.3 is 0 Å². The summed E-state index contributed by atoms with van der Waals surface area (Å²) in [6, 6.07) is 0. The third-order valence-corrected chi connectivity index (χ3v) is 3.91. The van der Waals surface area contributed by atoms with Crippen molar-refractivity contribution in [3.63, 3.8) is 0 Å². The highest BCUT2D eigenvalue weighted by atomic mass is 14.6. The number of hydrogen-bond donors (Lipinski definition) is 0. The molecule has 55 valence electrons. The molecule has 2 aliphatic carbocycles. The lowest BCUT2D eigenvalue weighted by molar-refractivity contribution is 0.180. The van der Waals surface area contributed by atoms with Crippen LogP contribution in [-0.4, -0.2) is 0 Å². The second-order valence-corrected chi connectivity index (χ2v) is 4.51. The van der Waals surface area contributed by atoms with Crippen LogP contribution >= 0.6 is 0 Å². The van der Waals surface area contributed by atoms with Gasteiger partial charge in [0.05, 0.1) is 0 Å². The van der Waals surface area contributed by atoms with E-state index in [-0.39, 0.29) is 0 Å². The molecule has 0 spiro atoms. The van der Waals surface area contributed by atoms with Gasteiger partial charge in [0, 0.05) is 0 Å². The van der Waals surface area contributed by atoms with Crippen LogP contribution in [0.4, 0.5) is 0 Å². The third kappa shape index (κ3) is 0.538. The SMILES string of the molecule is CC12[C][CH]C(CC1)C2(C)C. The van der Waals surface area contributed by atoms with E-state index in [2.05, 4.69) is 33.6 Å². The standard InChI is InChI=1S/C10H15/c1-9(2)8-4-6-10(9,3)7-5-8/h4,8H,5,7H2,1-3H3. The molecule has 0 aromatic rings. The molecule has 10 heavy (non-hydrogen) atoms. The Hall–Kier alpha value is 0. The van der Waals surface area contributed by atoms with Crippen molar-refractivity contribution in [3.8, 4) is 0 Å². The molecule has 0 N–H and O–H groups in total. The van der Waals surface area contributed by atoms with Gasteiger partial charge in [-0.25, -0.2) is 0 Å². The van der Waals surface area contributed by atoms with Crippen LogP contribution in [0.15, 0.2) is 0 Å². The fourth-order valence-corrected chi connectivity index (χ4v) is 2.37. The summed E-state index contributed by atoms with van der Waals surface area (Å²) in [7, 11) is 0. The lowest BCUT2D eigenvalue weighted by Gasteiger charge is -2.33. The van der Waals surface area contributed by atoms with Gasteiger partial charge < -0.3 is 0 Å². The monoisotopic (exact) mass is 135 g/mol. The zero-order valence-corrected chi connectivity index (χ0v) is 7.07. The molecule has 2 fully saturated rings. The van der Waals surface area contributed by atoms with Crippen LogP contribution in [-0.2, 0) is 0 Å². The Bertz CT molecular complexity index is 145. The Morgan fingerprint density at radius 1 is 1.40 bits per heavy atom. The van der Waals surface area contributed by atoms with Gasteiger partial charge in [-0.05, 0) is 42.4 Å². The molecule has 0 aromatic carbocycles. The second kappa shape index (κ2) is 1.60. The highest BCUT2D eigenvalue weighted by molar-refractivity contribution is 5.22. The summed E-state index contributed by atoms with van der Waals surface area (Å²) < 4.78 is 0. The molecule has 0 heterocycles. The maximum atomic E-state index is 3.50. The maximum Gasteiger partial charge on any atom is -0.00632 e. The second-order valence-electron chi connectivity index (χ2n) is 4.51. The van der Waals surface area contributed by atoms with E-state index in [9.17, 15) is 0 Å². The predicted molar refractivity (Wildman–Crippen MR) is 42.2 cm³/mol. The molecule has 0 amide bonds. The van der Waals surface area contributed by atoms with E-state index in [1.807, 2.05) is 0 Å². The van der Waals surface area contributed by atoms with Gasteiger partial charge in [0.2, 0.25) is 0 Å². The van der Waals surface area contributed by atoms with Crippen molar-refractivity contribution in [2.45, 2.75) is 33.6 Å². The van der Waals surface area contributed by atoms with Gasteiger partial charge in [-0.2, -0.15) is 0 Å². The average Bonchev–Trinajstić information content (AvgIpc) is 2.18. The molecule has 3 radical (unpaired) electrons. The Morgan fingerprint density at radius 3 is 2.20 bits per heavy atom.